The number of rotatable bonds is 4. The highest BCUT2D eigenvalue weighted by Crippen LogP contribution is 2.33. The summed E-state index contributed by atoms with van der Waals surface area (Å²) in [6.07, 6.45) is -7.36. The van der Waals surface area contributed by atoms with Gasteiger partial charge in [0.05, 0.1) is 11.7 Å². The summed E-state index contributed by atoms with van der Waals surface area (Å²) in [5.41, 5.74) is -0.613. The average Bonchev–Trinajstić information content (AvgIpc) is 2.28. The van der Waals surface area contributed by atoms with Crippen molar-refractivity contribution >= 4 is 0 Å². The molecule has 0 aliphatic rings. The Balaban J connectivity index is 2.89. The molecule has 0 heterocycles. The van der Waals surface area contributed by atoms with Crippen molar-refractivity contribution in [2.45, 2.75) is 24.9 Å². The van der Waals surface area contributed by atoms with Crippen molar-refractivity contribution in [3.8, 4) is 6.07 Å². The van der Waals surface area contributed by atoms with Gasteiger partial charge in [-0.15, -0.1) is 0 Å². The van der Waals surface area contributed by atoms with Crippen LogP contribution in [0.1, 0.15) is 23.7 Å². The van der Waals surface area contributed by atoms with Crippen LogP contribution in [-0.4, -0.2) is 17.5 Å². The molecular formula is C11H8F5NO. The summed E-state index contributed by atoms with van der Waals surface area (Å²) < 4.78 is 62.3. The molecule has 98 valence electrons. The number of halogens is 5. The quantitative estimate of drug-likeness (QED) is 0.850. The van der Waals surface area contributed by atoms with Crippen LogP contribution in [0.5, 0.6) is 0 Å². The zero-order valence-corrected chi connectivity index (χ0v) is 8.88. The lowest BCUT2D eigenvalue weighted by Crippen LogP contribution is -2.28. The van der Waals surface area contributed by atoms with E-state index in [1.54, 1.807) is 0 Å². The summed E-state index contributed by atoms with van der Waals surface area (Å²) in [7, 11) is 0. The van der Waals surface area contributed by atoms with Crippen molar-refractivity contribution in [3.05, 3.63) is 35.1 Å². The van der Waals surface area contributed by atoms with Crippen LogP contribution in [0.2, 0.25) is 0 Å². The first-order chi connectivity index (χ1) is 8.27. The normalized spacial score (nSPS) is 13.4. The van der Waals surface area contributed by atoms with Crippen LogP contribution >= 0.6 is 0 Å². The smallest absolute Gasteiger partial charge is 0.310 e. The van der Waals surface area contributed by atoms with Gasteiger partial charge in [-0.3, -0.25) is 0 Å². The lowest BCUT2D eigenvalue weighted by atomic mass is 10.0. The molecule has 18 heavy (non-hydrogen) atoms. The Hall–Kier alpha value is -1.68. The van der Waals surface area contributed by atoms with E-state index in [-0.39, 0.29) is 11.1 Å². The summed E-state index contributed by atoms with van der Waals surface area (Å²) in [4.78, 5) is 0. The average molecular weight is 265 g/mol. The summed E-state index contributed by atoms with van der Waals surface area (Å²) >= 11 is 0. The predicted octanol–water partition coefficient (Wildman–Crippen LogP) is 3.02. The molecule has 0 saturated carbocycles. The minimum absolute atomic E-state index is 0.285. The molecule has 0 fully saturated rings. The second-order valence-corrected chi connectivity index (χ2v) is 3.63. The maximum Gasteiger partial charge on any atom is 0.310 e. The van der Waals surface area contributed by atoms with Gasteiger partial charge in [0.1, 0.15) is 11.9 Å². The molecule has 0 aromatic heterocycles. The van der Waals surface area contributed by atoms with Crippen LogP contribution in [0.4, 0.5) is 22.0 Å². The van der Waals surface area contributed by atoms with Gasteiger partial charge in [0, 0.05) is 6.42 Å². The van der Waals surface area contributed by atoms with Crippen molar-refractivity contribution in [3.63, 3.8) is 0 Å². The molecule has 1 aromatic rings. The van der Waals surface area contributed by atoms with Gasteiger partial charge >= 0.3 is 12.3 Å². The highest BCUT2D eigenvalue weighted by Gasteiger charge is 2.42. The first kappa shape index (κ1) is 14.4. The van der Waals surface area contributed by atoms with E-state index in [2.05, 4.69) is 0 Å². The number of hydrogen-bond acceptors (Lipinski definition) is 2. The molecular weight excluding hydrogens is 257 g/mol. The largest absolute Gasteiger partial charge is 0.388 e. The molecule has 7 heteroatoms. The van der Waals surface area contributed by atoms with E-state index in [9.17, 15) is 27.1 Å². The zero-order chi connectivity index (χ0) is 13.9. The third-order valence-corrected chi connectivity index (χ3v) is 2.28. The van der Waals surface area contributed by atoms with Gasteiger partial charge in [-0.05, 0) is 17.7 Å². The Morgan fingerprint density at radius 3 is 2.39 bits per heavy atom. The fourth-order valence-corrected chi connectivity index (χ4v) is 1.29. The van der Waals surface area contributed by atoms with Crippen molar-refractivity contribution in [2.24, 2.45) is 0 Å². The summed E-state index contributed by atoms with van der Waals surface area (Å²) in [5.74, 6) is -5.36. The third kappa shape index (κ3) is 3.17. The molecule has 1 unspecified atom stereocenters. The lowest BCUT2D eigenvalue weighted by Gasteiger charge is -2.19. The number of nitrogens with zero attached hydrogens (tertiary/aromatic N) is 1. The van der Waals surface area contributed by atoms with Crippen LogP contribution in [0.3, 0.4) is 0 Å². The third-order valence-electron chi connectivity index (χ3n) is 2.28. The first-order valence-corrected chi connectivity index (χ1v) is 4.81. The van der Waals surface area contributed by atoms with Gasteiger partial charge in [-0.25, -0.2) is 22.0 Å². The maximum absolute atomic E-state index is 13.1. The molecule has 1 atom stereocenters. The number of nitriles is 1. The first-order valence-electron chi connectivity index (χ1n) is 4.81. The van der Waals surface area contributed by atoms with Crippen LogP contribution in [-0.2, 0) is 0 Å². The number of benzene rings is 1. The summed E-state index contributed by atoms with van der Waals surface area (Å²) in [6, 6.07) is 4.19. The molecule has 0 saturated heterocycles. The van der Waals surface area contributed by atoms with Crippen molar-refractivity contribution < 1.29 is 27.1 Å². The van der Waals surface area contributed by atoms with Crippen LogP contribution < -0.4 is 0 Å². The van der Waals surface area contributed by atoms with E-state index in [0.717, 1.165) is 12.1 Å². The monoisotopic (exact) mass is 265 g/mol. The van der Waals surface area contributed by atoms with Gasteiger partial charge in [-0.2, -0.15) is 5.26 Å². The van der Waals surface area contributed by atoms with E-state index in [0.29, 0.717) is 6.07 Å². The summed E-state index contributed by atoms with van der Waals surface area (Å²) in [6.45, 7) is 0. The van der Waals surface area contributed by atoms with E-state index < -0.39 is 30.7 Å². The predicted molar refractivity (Wildman–Crippen MR) is 51.6 cm³/mol. The number of alkyl halides is 4. The molecule has 0 aliphatic heterocycles. The standard InChI is InChI=1S/C11H8F5NO/c12-8-3-6(1-2-7(8)5-17)9(18)4-11(15,16)10(13)14/h1-3,9-10,18H,4H2. The van der Waals surface area contributed by atoms with Gasteiger partial charge < -0.3 is 5.11 Å². The minimum Gasteiger partial charge on any atom is -0.388 e. The Labute approximate surface area is 99.3 Å². The highest BCUT2D eigenvalue weighted by molar-refractivity contribution is 5.34. The summed E-state index contributed by atoms with van der Waals surface area (Å²) in [5, 5.41) is 17.8. The van der Waals surface area contributed by atoms with Crippen molar-refractivity contribution in [2.75, 3.05) is 0 Å². The molecule has 1 N–H and O–H groups in total. The van der Waals surface area contributed by atoms with Gasteiger partial charge in [0.2, 0.25) is 0 Å². The van der Waals surface area contributed by atoms with Crippen LogP contribution in [0.15, 0.2) is 18.2 Å². The van der Waals surface area contributed by atoms with Gasteiger partial charge in [0.25, 0.3) is 0 Å². The fraction of sp³-hybridized carbons (Fsp3) is 0.364. The Morgan fingerprint density at radius 2 is 1.94 bits per heavy atom. The number of aliphatic hydroxyl groups excluding tert-OH is 1. The number of hydrogen-bond donors (Lipinski definition) is 1. The fourth-order valence-electron chi connectivity index (χ4n) is 1.29. The van der Waals surface area contributed by atoms with Crippen LogP contribution in [0, 0.1) is 17.1 Å². The van der Waals surface area contributed by atoms with E-state index in [1.165, 1.54) is 6.07 Å². The highest BCUT2D eigenvalue weighted by atomic mass is 19.3. The Kier molecular flexibility index (Phi) is 4.24. The van der Waals surface area contributed by atoms with Gasteiger partial charge in [0.15, 0.2) is 0 Å². The molecule has 1 aromatic carbocycles. The van der Waals surface area contributed by atoms with Gasteiger partial charge in [-0.1, -0.05) is 6.07 Å². The molecule has 0 aliphatic carbocycles. The van der Waals surface area contributed by atoms with E-state index >= 15 is 0 Å². The second kappa shape index (κ2) is 5.31. The number of aliphatic hydroxyl groups is 1. The van der Waals surface area contributed by atoms with E-state index in [1.807, 2.05) is 0 Å². The molecule has 0 bridgehead atoms. The molecule has 0 amide bonds. The molecule has 1 rings (SSSR count). The molecule has 2 nitrogen and oxygen atoms in total. The lowest BCUT2D eigenvalue weighted by molar-refractivity contribution is -0.149. The minimum atomic E-state index is -4.36. The van der Waals surface area contributed by atoms with Crippen molar-refractivity contribution in [1.82, 2.24) is 0 Å². The molecule has 0 radical (unpaired) electrons. The molecule has 0 spiro atoms. The van der Waals surface area contributed by atoms with Crippen molar-refractivity contribution in [1.29, 1.82) is 5.26 Å². The zero-order valence-electron chi connectivity index (χ0n) is 8.88. The van der Waals surface area contributed by atoms with E-state index in [4.69, 9.17) is 5.26 Å². The Morgan fingerprint density at radius 1 is 1.33 bits per heavy atom. The van der Waals surface area contributed by atoms with Crippen LogP contribution in [0.25, 0.3) is 0 Å². The maximum atomic E-state index is 13.1. The second-order valence-electron chi connectivity index (χ2n) is 3.63. The topological polar surface area (TPSA) is 44.0 Å². The SMILES string of the molecule is N#Cc1ccc(C(O)CC(F)(F)C(F)F)cc1F. The Bertz CT molecular complexity index is 469.